The lowest BCUT2D eigenvalue weighted by molar-refractivity contribution is -0.871. The van der Waals surface area contributed by atoms with Crippen molar-refractivity contribution in [1.82, 2.24) is 0 Å². The fourth-order valence-electron chi connectivity index (χ4n) is 3.48. The van der Waals surface area contributed by atoms with Gasteiger partial charge in [-0.25, -0.2) is 0 Å². The second-order valence-corrected chi connectivity index (χ2v) is 8.25. The van der Waals surface area contributed by atoms with Crippen molar-refractivity contribution in [3.63, 3.8) is 0 Å². The Kier molecular flexibility index (Phi) is 4.22. The molecule has 3 N–H and O–H groups in total. The summed E-state index contributed by atoms with van der Waals surface area (Å²) in [6, 6.07) is 10.5. The van der Waals surface area contributed by atoms with Crippen molar-refractivity contribution in [2.45, 2.75) is 5.92 Å². The van der Waals surface area contributed by atoms with Crippen molar-refractivity contribution < 1.29 is 9.64 Å². The second-order valence-electron chi connectivity index (χ2n) is 6.29. The van der Waals surface area contributed by atoms with Gasteiger partial charge in [-0.05, 0) is 29.0 Å². The Labute approximate surface area is 154 Å². The van der Waals surface area contributed by atoms with E-state index in [0.29, 0.717) is 5.57 Å². The van der Waals surface area contributed by atoms with Crippen LogP contribution in [0.3, 0.4) is 0 Å². The number of rotatable bonds is 2. The molecule has 25 heavy (non-hydrogen) atoms. The molecule has 1 unspecified atom stereocenters. The van der Waals surface area contributed by atoms with Crippen LogP contribution in [-0.2, 0) is 4.74 Å². The van der Waals surface area contributed by atoms with E-state index in [9.17, 15) is 5.26 Å². The number of thiophene rings is 2. The molecule has 2 aliphatic heterocycles. The fraction of sp³-hybridized carbons (Fsp3) is 0.211. The van der Waals surface area contributed by atoms with Crippen LogP contribution in [0, 0.1) is 11.3 Å². The number of nitrogens with zero attached hydrogens (tertiary/aromatic N) is 1. The topological polar surface area (TPSA) is 63.5 Å². The van der Waals surface area contributed by atoms with E-state index in [1.54, 1.807) is 22.7 Å². The molecule has 4 rings (SSSR count). The van der Waals surface area contributed by atoms with Gasteiger partial charge < -0.3 is 15.4 Å². The van der Waals surface area contributed by atoms with Crippen molar-refractivity contribution in [3.05, 3.63) is 73.1 Å². The summed E-state index contributed by atoms with van der Waals surface area (Å²) in [5, 5.41) is 13.8. The normalized spacial score (nSPS) is 24.9. The van der Waals surface area contributed by atoms with Gasteiger partial charge in [0.05, 0.1) is 18.5 Å². The molecule has 126 valence electrons. The molecule has 4 heterocycles. The van der Waals surface area contributed by atoms with Crippen LogP contribution in [0.4, 0.5) is 0 Å². The van der Waals surface area contributed by atoms with Gasteiger partial charge in [0, 0.05) is 15.3 Å². The maximum atomic E-state index is 9.65. The molecule has 0 aromatic carbocycles. The van der Waals surface area contributed by atoms with E-state index in [1.807, 2.05) is 17.5 Å². The Morgan fingerprint density at radius 2 is 2.08 bits per heavy atom. The van der Waals surface area contributed by atoms with Crippen LogP contribution in [0.25, 0.3) is 6.08 Å². The van der Waals surface area contributed by atoms with Gasteiger partial charge in [0.1, 0.15) is 30.5 Å². The molecule has 0 amide bonds. The van der Waals surface area contributed by atoms with Crippen molar-refractivity contribution in [2.75, 3.05) is 20.1 Å². The van der Waals surface area contributed by atoms with E-state index in [4.69, 9.17) is 10.5 Å². The maximum Gasteiger partial charge on any atom is 0.205 e. The maximum absolute atomic E-state index is 9.65. The van der Waals surface area contributed by atoms with Crippen molar-refractivity contribution in [3.8, 4) is 6.07 Å². The van der Waals surface area contributed by atoms with E-state index in [2.05, 4.69) is 36.7 Å². The van der Waals surface area contributed by atoms with Gasteiger partial charge in [0.25, 0.3) is 0 Å². The Morgan fingerprint density at radius 1 is 1.28 bits per heavy atom. The average Bonchev–Trinajstić information content (AvgIpc) is 3.28. The summed E-state index contributed by atoms with van der Waals surface area (Å²) in [5.41, 5.74) is 8.95. The first kappa shape index (κ1) is 16.2. The van der Waals surface area contributed by atoms with Crippen LogP contribution in [0.5, 0.6) is 0 Å². The van der Waals surface area contributed by atoms with Crippen LogP contribution >= 0.6 is 22.7 Å². The van der Waals surface area contributed by atoms with Gasteiger partial charge in [-0.2, -0.15) is 5.26 Å². The minimum absolute atomic E-state index is 0.101. The summed E-state index contributed by atoms with van der Waals surface area (Å²) in [4.78, 5) is 3.71. The number of quaternary nitrogens is 1. The number of likely N-dealkylation sites (N-methyl/N-ethyl adjacent to an activating group) is 1. The molecule has 0 radical (unpaired) electrons. The zero-order valence-electron chi connectivity index (χ0n) is 13.8. The summed E-state index contributed by atoms with van der Waals surface area (Å²) in [7, 11) is 2.17. The molecule has 2 aromatic heterocycles. The molecule has 0 fully saturated rings. The highest BCUT2D eigenvalue weighted by molar-refractivity contribution is 7.10. The fourth-order valence-corrected chi connectivity index (χ4v) is 5.03. The third-order valence-corrected chi connectivity index (χ3v) is 6.25. The van der Waals surface area contributed by atoms with E-state index in [-0.39, 0.29) is 11.8 Å². The van der Waals surface area contributed by atoms with Crippen LogP contribution in [-0.4, -0.2) is 20.1 Å². The minimum atomic E-state index is -0.101. The molecule has 0 saturated heterocycles. The Hall–Kier alpha value is -2.33. The summed E-state index contributed by atoms with van der Waals surface area (Å²) in [5.74, 6) is 0.987. The number of hydrogen-bond acceptors (Lipinski definition) is 5. The van der Waals surface area contributed by atoms with Crippen LogP contribution in [0.15, 0.2) is 63.4 Å². The number of nitriles is 1. The third-order valence-electron chi connectivity index (χ3n) is 4.49. The highest BCUT2D eigenvalue weighted by Crippen LogP contribution is 2.42. The molecule has 2 aliphatic rings. The molecule has 0 aliphatic carbocycles. The average molecular weight is 369 g/mol. The lowest BCUT2D eigenvalue weighted by Gasteiger charge is -2.34. The monoisotopic (exact) mass is 368 g/mol. The predicted molar refractivity (Wildman–Crippen MR) is 101 cm³/mol. The summed E-state index contributed by atoms with van der Waals surface area (Å²) in [6.45, 7) is 1.72. The SMILES string of the molecule is C[NH+]1CC2=C(OC(N)=C(C#N)[C@@H]2c2cccs2)/C(=C/c2cccs2)C1. The van der Waals surface area contributed by atoms with Gasteiger partial charge >= 0.3 is 0 Å². The van der Waals surface area contributed by atoms with E-state index >= 15 is 0 Å². The highest BCUT2D eigenvalue weighted by atomic mass is 32.1. The second kappa shape index (κ2) is 6.52. The highest BCUT2D eigenvalue weighted by Gasteiger charge is 2.39. The summed E-state index contributed by atoms with van der Waals surface area (Å²) in [6.07, 6.45) is 2.18. The molecule has 2 atom stereocenters. The largest absolute Gasteiger partial charge is 0.440 e. The third kappa shape index (κ3) is 2.91. The molecule has 6 heteroatoms. The van der Waals surface area contributed by atoms with Crippen LogP contribution in [0.2, 0.25) is 0 Å². The molecule has 0 spiro atoms. The number of ether oxygens (including phenoxy) is 1. The zero-order valence-corrected chi connectivity index (χ0v) is 15.4. The zero-order chi connectivity index (χ0) is 17.4. The molecule has 4 nitrogen and oxygen atoms in total. The first-order valence-electron chi connectivity index (χ1n) is 8.07. The molecular formula is C19H18N3OS2+. The Bertz CT molecular complexity index is 915. The number of allylic oxidation sites excluding steroid dienone is 1. The number of nitrogens with one attached hydrogen (secondary N) is 1. The van der Waals surface area contributed by atoms with Crippen molar-refractivity contribution in [2.24, 2.45) is 5.73 Å². The van der Waals surface area contributed by atoms with Gasteiger partial charge in [-0.1, -0.05) is 12.1 Å². The van der Waals surface area contributed by atoms with Gasteiger partial charge in [0.15, 0.2) is 0 Å². The van der Waals surface area contributed by atoms with Crippen LogP contribution in [0.1, 0.15) is 15.7 Å². The smallest absolute Gasteiger partial charge is 0.205 e. The quantitative estimate of drug-likeness (QED) is 0.856. The first-order valence-corrected chi connectivity index (χ1v) is 9.83. The van der Waals surface area contributed by atoms with E-state index in [1.165, 1.54) is 9.78 Å². The molecular weight excluding hydrogens is 350 g/mol. The number of hydrogen-bond donors (Lipinski definition) is 2. The first-order chi connectivity index (χ1) is 12.2. The lowest BCUT2D eigenvalue weighted by atomic mass is 9.84. The van der Waals surface area contributed by atoms with Gasteiger partial charge in [-0.3, -0.25) is 0 Å². The standard InChI is InChI=1S/C19H17N3OS2/c1-22-10-12(8-13-4-2-6-24-13)18-15(11-22)17(16-5-3-7-25-16)14(9-20)19(21)23-18/h2-8,17H,10-11,21H2,1H3/p+1/b12-8+/t17-/m0/s1. The number of nitrogens with two attached hydrogens (primary N) is 1. The lowest BCUT2D eigenvalue weighted by Crippen LogP contribution is -3.10. The molecule has 2 aromatic rings. The van der Waals surface area contributed by atoms with E-state index < -0.39 is 0 Å². The van der Waals surface area contributed by atoms with Crippen molar-refractivity contribution >= 4 is 28.7 Å². The van der Waals surface area contributed by atoms with Crippen LogP contribution < -0.4 is 10.6 Å². The Morgan fingerprint density at radius 3 is 2.76 bits per heavy atom. The van der Waals surface area contributed by atoms with Crippen molar-refractivity contribution in [1.29, 1.82) is 5.26 Å². The molecule has 0 bridgehead atoms. The predicted octanol–water partition coefficient (Wildman–Crippen LogP) is 2.48. The summed E-state index contributed by atoms with van der Waals surface area (Å²) >= 11 is 3.36. The van der Waals surface area contributed by atoms with Gasteiger partial charge in [0.2, 0.25) is 5.88 Å². The molecule has 0 saturated carbocycles. The summed E-state index contributed by atoms with van der Waals surface area (Å²) < 4.78 is 5.97. The Balaban J connectivity index is 1.87. The van der Waals surface area contributed by atoms with E-state index in [0.717, 1.165) is 34.9 Å². The van der Waals surface area contributed by atoms with Gasteiger partial charge in [-0.15, -0.1) is 22.7 Å². The minimum Gasteiger partial charge on any atom is -0.440 e.